The van der Waals surface area contributed by atoms with Crippen LogP contribution < -0.4 is 5.32 Å². The van der Waals surface area contributed by atoms with Crippen molar-refractivity contribution in [2.75, 3.05) is 5.32 Å². The lowest BCUT2D eigenvalue weighted by molar-refractivity contribution is -0.116. The van der Waals surface area contributed by atoms with E-state index in [1.165, 1.54) is 0 Å². The highest BCUT2D eigenvalue weighted by Gasteiger charge is 2.10. The lowest BCUT2D eigenvalue weighted by Gasteiger charge is -2.05. The third-order valence-corrected chi connectivity index (χ3v) is 3.64. The summed E-state index contributed by atoms with van der Waals surface area (Å²) in [5, 5.41) is 3.75. The molecule has 0 bridgehead atoms. The van der Waals surface area contributed by atoms with Gasteiger partial charge in [0, 0.05) is 35.3 Å². The second-order valence-corrected chi connectivity index (χ2v) is 5.36. The van der Waals surface area contributed by atoms with Gasteiger partial charge in [0.05, 0.1) is 5.69 Å². The molecular weight excluding hydrogens is 290 g/mol. The molecule has 1 aromatic carbocycles. The molecule has 0 unspecified atom stereocenters. The summed E-state index contributed by atoms with van der Waals surface area (Å²) < 4.78 is 0. The number of hydrogen-bond acceptors (Lipinski definition) is 3. The number of carbonyl (C=O) groups excluding carboxylic acids is 2. The number of benzene rings is 1. The molecule has 1 amide bonds. The van der Waals surface area contributed by atoms with Crippen LogP contribution >= 0.6 is 0 Å². The molecule has 0 fully saturated rings. The quantitative estimate of drug-likeness (QED) is 0.704. The molecule has 0 spiro atoms. The van der Waals surface area contributed by atoms with Gasteiger partial charge in [0.2, 0.25) is 5.91 Å². The highest BCUT2D eigenvalue weighted by atomic mass is 16.1. The summed E-state index contributed by atoms with van der Waals surface area (Å²) in [7, 11) is 0. The summed E-state index contributed by atoms with van der Waals surface area (Å²) in [4.78, 5) is 30.2. The van der Waals surface area contributed by atoms with E-state index >= 15 is 0 Å². The molecule has 0 saturated carbocycles. The van der Waals surface area contributed by atoms with Crippen LogP contribution in [0.15, 0.2) is 42.7 Å². The van der Waals surface area contributed by atoms with E-state index in [0.717, 1.165) is 34.9 Å². The Morgan fingerprint density at radius 3 is 2.96 bits per heavy atom. The number of aromatic nitrogens is 2. The van der Waals surface area contributed by atoms with Crippen molar-refractivity contribution >= 4 is 28.9 Å². The second-order valence-electron chi connectivity index (χ2n) is 5.36. The molecule has 5 heteroatoms. The first-order valence-electron chi connectivity index (χ1n) is 7.54. The van der Waals surface area contributed by atoms with Gasteiger partial charge >= 0.3 is 0 Å². The molecule has 2 heterocycles. The van der Waals surface area contributed by atoms with E-state index in [1.54, 1.807) is 18.5 Å². The topological polar surface area (TPSA) is 74.8 Å². The molecule has 116 valence electrons. The summed E-state index contributed by atoms with van der Waals surface area (Å²) >= 11 is 0. The molecule has 2 N–H and O–H groups in total. The van der Waals surface area contributed by atoms with Gasteiger partial charge in [0.1, 0.15) is 11.9 Å². The number of fused-ring (bicyclic) bond motifs is 1. The number of carbonyl (C=O) groups is 2. The Bertz CT molecular complexity index is 868. The van der Waals surface area contributed by atoms with E-state index < -0.39 is 0 Å². The standard InChI is InChI=1S/C18H17N3O2/c1-2-4-17(23)21-16-10-20-18-15(16)8-14(9-19-18)13-6-3-5-12(7-13)11-22/h3,5-11H,2,4H2,1H3,(H,19,20)(H,21,23). The van der Waals surface area contributed by atoms with E-state index in [2.05, 4.69) is 15.3 Å². The van der Waals surface area contributed by atoms with Gasteiger partial charge in [0.15, 0.2) is 0 Å². The molecule has 5 nitrogen and oxygen atoms in total. The van der Waals surface area contributed by atoms with Crippen LogP contribution in [0.2, 0.25) is 0 Å². The van der Waals surface area contributed by atoms with E-state index in [-0.39, 0.29) is 5.91 Å². The predicted molar refractivity (Wildman–Crippen MR) is 90.5 cm³/mol. The largest absolute Gasteiger partial charge is 0.344 e. The van der Waals surface area contributed by atoms with Crippen molar-refractivity contribution in [3.63, 3.8) is 0 Å². The van der Waals surface area contributed by atoms with Crippen LogP contribution in [-0.2, 0) is 4.79 Å². The van der Waals surface area contributed by atoms with Gasteiger partial charge in [-0.1, -0.05) is 25.1 Å². The van der Waals surface area contributed by atoms with Crippen molar-refractivity contribution in [3.05, 3.63) is 48.3 Å². The molecule has 0 saturated heterocycles. The molecule has 0 aliphatic rings. The summed E-state index contributed by atoms with van der Waals surface area (Å²) in [6.07, 6.45) is 5.61. The van der Waals surface area contributed by atoms with Crippen LogP contribution in [0, 0.1) is 0 Å². The van der Waals surface area contributed by atoms with E-state index in [4.69, 9.17) is 0 Å². The van der Waals surface area contributed by atoms with E-state index in [0.29, 0.717) is 17.6 Å². The smallest absolute Gasteiger partial charge is 0.224 e. The van der Waals surface area contributed by atoms with E-state index in [9.17, 15) is 9.59 Å². The number of nitrogens with zero attached hydrogens (tertiary/aromatic N) is 1. The minimum absolute atomic E-state index is 0.0123. The van der Waals surface area contributed by atoms with Crippen molar-refractivity contribution in [1.29, 1.82) is 0 Å². The van der Waals surface area contributed by atoms with Gasteiger partial charge in [-0.25, -0.2) is 4.98 Å². The average molecular weight is 307 g/mol. The fraction of sp³-hybridized carbons (Fsp3) is 0.167. The third-order valence-electron chi connectivity index (χ3n) is 3.64. The summed E-state index contributed by atoms with van der Waals surface area (Å²) in [6, 6.07) is 9.31. The molecule has 0 radical (unpaired) electrons. The number of aldehydes is 1. The number of hydrogen-bond donors (Lipinski definition) is 2. The zero-order valence-electron chi connectivity index (χ0n) is 12.8. The van der Waals surface area contributed by atoms with Crippen molar-refractivity contribution in [1.82, 2.24) is 9.97 Å². The summed E-state index contributed by atoms with van der Waals surface area (Å²) in [5.41, 5.74) is 3.86. The first kappa shape index (κ1) is 15.0. The van der Waals surface area contributed by atoms with Crippen LogP contribution in [0.25, 0.3) is 22.2 Å². The van der Waals surface area contributed by atoms with Crippen molar-refractivity contribution < 1.29 is 9.59 Å². The van der Waals surface area contributed by atoms with Gasteiger partial charge in [-0.05, 0) is 24.1 Å². The zero-order chi connectivity index (χ0) is 16.2. The number of amides is 1. The van der Waals surface area contributed by atoms with Crippen molar-refractivity contribution in [2.45, 2.75) is 19.8 Å². The van der Waals surface area contributed by atoms with Crippen molar-refractivity contribution in [2.24, 2.45) is 0 Å². The Hall–Kier alpha value is -2.95. The molecule has 3 aromatic rings. The molecule has 0 aliphatic carbocycles. The maximum atomic E-state index is 11.8. The Labute approximate surface area is 133 Å². The number of H-pyrrole nitrogens is 1. The minimum Gasteiger partial charge on any atom is -0.344 e. The first-order chi connectivity index (χ1) is 11.2. The molecule has 0 aliphatic heterocycles. The molecule has 0 atom stereocenters. The maximum absolute atomic E-state index is 11.8. The normalized spacial score (nSPS) is 10.7. The van der Waals surface area contributed by atoms with Crippen LogP contribution in [-0.4, -0.2) is 22.2 Å². The number of pyridine rings is 1. The lowest BCUT2D eigenvalue weighted by atomic mass is 10.0. The Kier molecular flexibility index (Phi) is 4.19. The monoisotopic (exact) mass is 307 g/mol. The average Bonchev–Trinajstić information content (AvgIpc) is 2.97. The number of anilines is 1. The van der Waals surface area contributed by atoms with Crippen LogP contribution in [0.3, 0.4) is 0 Å². The van der Waals surface area contributed by atoms with Gasteiger partial charge < -0.3 is 10.3 Å². The van der Waals surface area contributed by atoms with Gasteiger partial charge in [0.25, 0.3) is 0 Å². The lowest BCUT2D eigenvalue weighted by Crippen LogP contribution is -2.10. The highest BCUT2D eigenvalue weighted by Crippen LogP contribution is 2.27. The first-order valence-corrected chi connectivity index (χ1v) is 7.54. The van der Waals surface area contributed by atoms with Crippen LogP contribution in [0.4, 0.5) is 5.69 Å². The van der Waals surface area contributed by atoms with E-state index in [1.807, 2.05) is 31.2 Å². The molecular formula is C18H17N3O2. The number of rotatable bonds is 5. The van der Waals surface area contributed by atoms with Crippen molar-refractivity contribution in [3.8, 4) is 11.1 Å². The summed E-state index contributed by atoms with van der Waals surface area (Å²) in [5.74, 6) is -0.0123. The van der Waals surface area contributed by atoms with Gasteiger partial charge in [-0.3, -0.25) is 9.59 Å². The fourth-order valence-corrected chi connectivity index (χ4v) is 2.50. The zero-order valence-corrected chi connectivity index (χ0v) is 12.8. The Morgan fingerprint density at radius 1 is 1.30 bits per heavy atom. The fourth-order valence-electron chi connectivity index (χ4n) is 2.50. The van der Waals surface area contributed by atoms with Crippen LogP contribution in [0.1, 0.15) is 30.1 Å². The molecule has 2 aromatic heterocycles. The second kappa shape index (κ2) is 6.44. The molecule has 23 heavy (non-hydrogen) atoms. The third kappa shape index (κ3) is 3.13. The highest BCUT2D eigenvalue weighted by molar-refractivity contribution is 6.01. The SMILES string of the molecule is CCCC(=O)Nc1c[nH]c2ncc(-c3cccc(C=O)c3)cc12. The van der Waals surface area contributed by atoms with Crippen LogP contribution in [0.5, 0.6) is 0 Å². The molecule has 3 rings (SSSR count). The predicted octanol–water partition coefficient (Wildman–Crippen LogP) is 3.78. The van der Waals surface area contributed by atoms with Gasteiger partial charge in [-0.15, -0.1) is 0 Å². The Balaban J connectivity index is 2.00. The summed E-state index contributed by atoms with van der Waals surface area (Å²) in [6.45, 7) is 1.97. The minimum atomic E-state index is -0.0123. The Morgan fingerprint density at radius 2 is 2.17 bits per heavy atom. The number of nitrogens with one attached hydrogen (secondary N) is 2. The number of aromatic amines is 1. The maximum Gasteiger partial charge on any atom is 0.224 e. The van der Waals surface area contributed by atoms with Gasteiger partial charge in [-0.2, -0.15) is 0 Å².